The Bertz CT molecular complexity index is 525. The number of aromatic nitrogens is 2. The summed E-state index contributed by atoms with van der Waals surface area (Å²) in [6, 6.07) is 9.98. The monoisotopic (exact) mass is 276 g/mol. The van der Waals surface area contributed by atoms with E-state index in [2.05, 4.69) is 34.4 Å². The molecule has 2 aromatic rings. The first-order valence-electron chi connectivity index (χ1n) is 6.20. The lowest BCUT2D eigenvalue weighted by Crippen LogP contribution is -2.11. The van der Waals surface area contributed by atoms with E-state index >= 15 is 0 Å². The Morgan fingerprint density at radius 3 is 2.47 bits per heavy atom. The van der Waals surface area contributed by atoms with E-state index in [1.165, 1.54) is 0 Å². The van der Waals surface area contributed by atoms with E-state index in [4.69, 9.17) is 11.6 Å². The Labute approximate surface area is 118 Å². The topological polar surface area (TPSA) is 49.8 Å². The zero-order valence-corrected chi connectivity index (χ0v) is 11.8. The SMILES string of the molecule is CC(C)Nc1cc(NCc2ccc(Cl)cc2)ncn1. The van der Waals surface area contributed by atoms with Crippen molar-refractivity contribution in [3.63, 3.8) is 0 Å². The average molecular weight is 277 g/mol. The van der Waals surface area contributed by atoms with Gasteiger partial charge < -0.3 is 10.6 Å². The van der Waals surface area contributed by atoms with Crippen molar-refractivity contribution in [1.82, 2.24) is 9.97 Å². The normalized spacial score (nSPS) is 10.5. The summed E-state index contributed by atoms with van der Waals surface area (Å²) in [5.41, 5.74) is 1.15. The molecule has 0 unspecified atom stereocenters. The first-order chi connectivity index (χ1) is 9.13. The van der Waals surface area contributed by atoms with E-state index in [0.717, 1.165) is 22.2 Å². The molecular weight excluding hydrogens is 260 g/mol. The van der Waals surface area contributed by atoms with Crippen molar-refractivity contribution in [3.8, 4) is 0 Å². The maximum atomic E-state index is 5.85. The van der Waals surface area contributed by atoms with Crippen LogP contribution in [0.1, 0.15) is 19.4 Å². The maximum Gasteiger partial charge on any atom is 0.131 e. The van der Waals surface area contributed by atoms with Crippen LogP contribution in [0, 0.1) is 0 Å². The zero-order valence-electron chi connectivity index (χ0n) is 11.0. The number of benzene rings is 1. The third-order valence-electron chi connectivity index (χ3n) is 2.49. The molecule has 100 valence electrons. The average Bonchev–Trinajstić information content (AvgIpc) is 2.38. The second-order valence-electron chi connectivity index (χ2n) is 4.57. The summed E-state index contributed by atoms with van der Waals surface area (Å²) in [6.45, 7) is 4.85. The van der Waals surface area contributed by atoms with Gasteiger partial charge in [-0.05, 0) is 31.5 Å². The molecule has 19 heavy (non-hydrogen) atoms. The highest BCUT2D eigenvalue weighted by atomic mass is 35.5. The zero-order chi connectivity index (χ0) is 13.7. The lowest BCUT2D eigenvalue weighted by molar-refractivity contribution is 0.886. The van der Waals surface area contributed by atoms with Crippen LogP contribution in [0.2, 0.25) is 5.02 Å². The predicted octanol–water partition coefficient (Wildman–Crippen LogP) is 3.56. The molecule has 4 nitrogen and oxygen atoms in total. The van der Waals surface area contributed by atoms with Crippen LogP contribution in [-0.4, -0.2) is 16.0 Å². The highest BCUT2D eigenvalue weighted by Gasteiger charge is 2.00. The highest BCUT2D eigenvalue weighted by molar-refractivity contribution is 6.30. The fraction of sp³-hybridized carbons (Fsp3) is 0.286. The molecule has 1 heterocycles. The maximum absolute atomic E-state index is 5.85. The molecular formula is C14H17ClN4. The van der Waals surface area contributed by atoms with Gasteiger partial charge in [-0.15, -0.1) is 0 Å². The van der Waals surface area contributed by atoms with E-state index in [-0.39, 0.29) is 0 Å². The summed E-state index contributed by atoms with van der Waals surface area (Å²) in [7, 11) is 0. The number of rotatable bonds is 5. The Kier molecular flexibility index (Phi) is 4.58. The molecule has 5 heteroatoms. The van der Waals surface area contributed by atoms with Gasteiger partial charge in [-0.3, -0.25) is 0 Å². The fourth-order valence-electron chi connectivity index (χ4n) is 1.62. The lowest BCUT2D eigenvalue weighted by atomic mass is 10.2. The second kappa shape index (κ2) is 6.38. The number of nitrogens with zero attached hydrogens (tertiary/aromatic N) is 2. The van der Waals surface area contributed by atoms with Crippen molar-refractivity contribution in [2.75, 3.05) is 10.6 Å². The molecule has 0 aliphatic heterocycles. The lowest BCUT2D eigenvalue weighted by Gasteiger charge is -2.10. The number of hydrogen-bond acceptors (Lipinski definition) is 4. The molecule has 0 fully saturated rings. The van der Waals surface area contributed by atoms with Crippen molar-refractivity contribution in [2.24, 2.45) is 0 Å². The molecule has 0 spiro atoms. The van der Waals surface area contributed by atoms with Gasteiger partial charge in [0.2, 0.25) is 0 Å². The molecule has 2 rings (SSSR count). The van der Waals surface area contributed by atoms with Crippen LogP contribution in [0.4, 0.5) is 11.6 Å². The second-order valence-corrected chi connectivity index (χ2v) is 5.00. The summed E-state index contributed by atoms with van der Waals surface area (Å²) in [6.07, 6.45) is 1.55. The molecule has 1 aromatic carbocycles. The molecule has 0 aliphatic rings. The summed E-state index contributed by atoms with van der Waals surface area (Å²) in [4.78, 5) is 8.36. The fourth-order valence-corrected chi connectivity index (χ4v) is 1.75. The van der Waals surface area contributed by atoms with Crippen LogP contribution >= 0.6 is 11.6 Å². The highest BCUT2D eigenvalue weighted by Crippen LogP contribution is 2.13. The van der Waals surface area contributed by atoms with Crippen molar-refractivity contribution in [1.29, 1.82) is 0 Å². The molecule has 0 atom stereocenters. The van der Waals surface area contributed by atoms with Crippen molar-refractivity contribution >= 4 is 23.2 Å². The Hall–Kier alpha value is -1.81. The molecule has 0 aliphatic carbocycles. The number of hydrogen-bond donors (Lipinski definition) is 2. The van der Waals surface area contributed by atoms with E-state index in [1.54, 1.807) is 6.33 Å². The smallest absolute Gasteiger partial charge is 0.131 e. The first kappa shape index (κ1) is 13.6. The van der Waals surface area contributed by atoms with E-state index in [9.17, 15) is 0 Å². The van der Waals surface area contributed by atoms with E-state index < -0.39 is 0 Å². The largest absolute Gasteiger partial charge is 0.368 e. The Morgan fingerprint density at radius 1 is 1.11 bits per heavy atom. The third kappa shape index (κ3) is 4.41. The van der Waals surface area contributed by atoms with Crippen LogP contribution in [0.3, 0.4) is 0 Å². The van der Waals surface area contributed by atoms with Crippen LogP contribution in [0.25, 0.3) is 0 Å². The molecule has 2 N–H and O–H groups in total. The molecule has 0 bridgehead atoms. The minimum Gasteiger partial charge on any atom is -0.368 e. The number of anilines is 2. The van der Waals surface area contributed by atoms with E-state index in [0.29, 0.717) is 12.6 Å². The van der Waals surface area contributed by atoms with E-state index in [1.807, 2.05) is 30.3 Å². The first-order valence-corrected chi connectivity index (χ1v) is 6.58. The van der Waals surface area contributed by atoms with Crippen LogP contribution in [0.5, 0.6) is 0 Å². The number of halogens is 1. The number of nitrogens with one attached hydrogen (secondary N) is 2. The van der Waals surface area contributed by atoms with Gasteiger partial charge in [-0.2, -0.15) is 0 Å². The molecule has 0 amide bonds. The van der Waals surface area contributed by atoms with Gasteiger partial charge in [0, 0.05) is 23.7 Å². The van der Waals surface area contributed by atoms with Crippen molar-refractivity contribution < 1.29 is 0 Å². The Balaban J connectivity index is 1.97. The van der Waals surface area contributed by atoms with Gasteiger partial charge in [0.05, 0.1) is 0 Å². The van der Waals surface area contributed by atoms with Gasteiger partial charge >= 0.3 is 0 Å². The Morgan fingerprint density at radius 2 is 1.79 bits per heavy atom. The van der Waals surface area contributed by atoms with Gasteiger partial charge in [0.15, 0.2) is 0 Å². The minimum atomic E-state index is 0.346. The standard InChI is InChI=1S/C14H17ClN4/c1-10(2)19-14-7-13(17-9-18-14)16-8-11-3-5-12(15)6-4-11/h3-7,9-10H,8H2,1-2H3,(H2,16,17,18,19). The summed E-state index contributed by atoms with van der Waals surface area (Å²) >= 11 is 5.85. The van der Waals surface area contributed by atoms with Crippen LogP contribution in [0.15, 0.2) is 36.7 Å². The van der Waals surface area contributed by atoms with Gasteiger partial charge in [0.1, 0.15) is 18.0 Å². The van der Waals surface area contributed by atoms with Crippen LogP contribution in [-0.2, 0) is 6.54 Å². The van der Waals surface area contributed by atoms with Gasteiger partial charge in [-0.1, -0.05) is 23.7 Å². The summed E-state index contributed by atoms with van der Waals surface area (Å²) in [5.74, 6) is 1.62. The molecule has 0 saturated carbocycles. The molecule has 1 aromatic heterocycles. The molecule has 0 radical (unpaired) electrons. The summed E-state index contributed by atoms with van der Waals surface area (Å²) < 4.78 is 0. The third-order valence-corrected chi connectivity index (χ3v) is 2.74. The summed E-state index contributed by atoms with van der Waals surface area (Å²) in [5, 5.41) is 7.25. The minimum absolute atomic E-state index is 0.346. The van der Waals surface area contributed by atoms with Crippen molar-refractivity contribution in [2.45, 2.75) is 26.4 Å². The van der Waals surface area contributed by atoms with Crippen LogP contribution < -0.4 is 10.6 Å². The predicted molar refractivity (Wildman–Crippen MR) is 79.6 cm³/mol. The van der Waals surface area contributed by atoms with Gasteiger partial charge in [-0.25, -0.2) is 9.97 Å². The quantitative estimate of drug-likeness (QED) is 0.877. The molecule has 0 saturated heterocycles. The van der Waals surface area contributed by atoms with Crippen molar-refractivity contribution in [3.05, 3.63) is 47.2 Å². The van der Waals surface area contributed by atoms with Gasteiger partial charge in [0.25, 0.3) is 0 Å².